The Morgan fingerprint density at radius 2 is 1.88 bits per heavy atom. The van der Waals surface area contributed by atoms with Gasteiger partial charge in [0.05, 0.1) is 15.2 Å². The van der Waals surface area contributed by atoms with Gasteiger partial charge in [-0.25, -0.2) is 4.98 Å². The zero-order valence-electron chi connectivity index (χ0n) is 9.15. The SMILES string of the molecule is Cc1ccc(-c2ccc3nc(C)sc3c2)s1. The summed E-state index contributed by atoms with van der Waals surface area (Å²) in [5.74, 6) is 0. The summed E-state index contributed by atoms with van der Waals surface area (Å²) in [6, 6.07) is 10.9. The van der Waals surface area contributed by atoms with Crippen LogP contribution >= 0.6 is 22.7 Å². The largest absolute Gasteiger partial charge is 0.242 e. The summed E-state index contributed by atoms with van der Waals surface area (Å²) in [5, 5.41) is 1.13. The first-order valence-corrected chi connectivity index (χ1v) is 6.80. The summed E-state index contributed by atoms with van der Waals surface area (Å²) in [4.78, 5) is 7.17. The summed E-state index contributed by atoms with van der Waals surface area (Å²) in [6.45, 7) is 4.20. The van der Waals surface area contributed by atoms with Gasteiger partial charge in [0, 0.05) is 9.75 Å². The third-order valence-electron chi connectivity index (χ3n) is 2.52. The van der Waals surface area contributed by atoms with E-state index in [0.29, 0.717) is 0 Å². The van der Waals surface area contributed by atoms with Crippen molar-refractivity contribution in [2.45, 2.75) is 13.8 Å². The number of hydrogen-bond donors (Lipinski definition) is 0. The molecular weight excluding hydrogens is 234 g/mol. The first-order chi connectivity index (χ1) is 7.72. The standard InChI is InChI=1S/C13H11NS2/c1-8-3-6-12(15-8)10-4-5-11-13(7-10)16-9(2)14-11/h3-7H,1-2H3. The first kappa shape index (κ1) is 10.00. The maximum Gasteiger partial charge on any atom is 0.0907 e. The third-order valence-corrected chi connectivity index (χ3v) is 4.50. The van der Waals surface area contributed by atoms with Gasteiger partial charge in [-0.05, 0) is 43.7 Å². The van der Waals surface area contributed by atoms with E-state index in [1.165, 1.54) is 20.0 Å². The number of hydrogen-bond acceptors (Lipinski definition) is 3. The van der Waals surface area contributed by atoms with Crippen LogP contribution in [0.4, 0.5) is 0 Å². The maximum absolute atomic E-state index is 4.48. The van der Waals surface area contributed by atoms with Gasteiger partial charge >= 0.3 is 0 Å². The molecule has 3 rings (SSSR count). The number of nitrogens with zero attached hydrogens (tertiary/aromatic N) is 1. The lowest BCUT2D eigenvalue weighted by Crippen LogP contribution is -1.72. The van der Waals surface area contributed by atoms with Gasteiger partial charge in [0.1, 0.15) is 0 Å². The van der Waals surface area contributed by atoms with Crippen LogP contribution in [-0.4, -0.2) is 4.98 Å². The summed E-state index contributed by atoms with van der Waals surface area (Å²) in [5.41, 5.74) is 2.41. The normalized spacial score (nSPS) is 11.1. The van der Waals surface area contributed by atoms with Gasteiger partial charge in [0.15, 0.2) is 0 Å². The third kappa shape index (κ3) is 1.66. The molecule has 1 aromatic carbocycles. The van der Waals surface area contributed by atoms with Crippen LogP contribution in [0.2, 0.25) is 0 Å². The summed E-state index contributed by atoms with van der Waals surface area (Å²) >= 11 is 3.60. The van der Waals surface area contributed by atoms with E-state index in [4.69, 9.17) is 0 Å². The van der Waals surface area contributed by atoms with E-state index in [1.54, 1.807) is 11.3 Å². The lowest BCUT2D eigenvalue weighted by Gasteiger charge is -1.96. The van der Waals surface area contributed by atoms with Crippen molar-refractivity contribution in [3.63, 3.8) is 0 Å². The topological polar surface area (TPSA) is 12.9 Å². The molecule has 0 spiro atoms. The smallest absolute Gasteiger partial charge is 0.0907 e. The van der Waals surface area contributed by atoms with Crippen molar-refractivity contribution in [2.75, 3.05) is 0 Å². The first-order valence-electron chi connectivity index (χ1n) is 5.16. The number of thiophene rings is 1. The molecule has 2 aromatic heterocycles. The fraction of sp³-hybridized carbons (Fsp3) is 0.154. The van der Waals surface area contributed by atoms with Crippen molar-refractivity contribution < 1.29 is 0 Å². The van der Waals surface area contributed by atoms with Crippen molar-refractivity contribution in [2.24, 2.45) is 0 Å². The molecule has 0 fully saturated rings. The second-order valence-corrected chi connectivity index (χ2v) is 6.35. The predicted molar refractivity (Wildman–Crippen MR) is 72.4 cm³/mol. The van der Waals surface area contributed by atoms with Crippen LogP contribution in [-0.2, 0) is 0 Å². The van der Waals surface area contributed by atoms with E-state index in [-0.39, 0.29) is 0 Å². The van der Waals surface area contributed by atoms with Crippen LogP contribution in [0.5, 0.6) is 0 Å². The van der Waals surface area contributed by atoms with Crippen LogP contribution in [0.15, 0.2) is 30.3 Å². The Morgan fingerprint density at radius 3 is 2.62 bits per heavy atom. The number of fused-ring (bicyclic) bond motifs is 1. The molecule has 0 amide bonds. The molecule has 1 nitrogen and oxygen atoms in total. The Hall–Kier alpha value is -1.19. The van der Waals surface area contributed by atoms with Crippen molar-refractivity contribution in [1.82, 2.24) is 4.98 Å². The number of rotatable bonds is 1. The van der Waals surface area contributed by atoms with Gasteiger partial charge in [0.25, 0.3) is 0 Å². The van der Waals surface area contributed by atoms with Crippen molar-refractivity contribution in [3.8, 4) is 10.4 Å². The molecule has 0 aliphatic heterocycles. The predicted octanol–water partition coefficient (Wildman–Crippen LogP) is 4.64. The molecule has 80 valence electrons. The molecule has 0 aliphatic carbocycles. The van der Waals surface area contributed by atoms with Crippen LogP contribution in [0, 0.1) is 13.8 Å². The lowest BCUT2D eigenvalue weighted by atomic mass is 10.2. The van der Waals surface area contributed by atoms with Crippen molar-refractivity contribution in [1.29, 1.82) is 0 Å². The molecule has 0 saturated heterocycles. The van der Waals surface area contributed by atoms with Crippen LogP contribution in [0.1, 0.15) is 9.88 Å². The highest BCUT2D eigenvalue weighted by molar-refractivity contribution is 7.18. The summed E-state index contributed by atoms with van der Waals surface area (Å²) in [6.07, 6.45) is 0. The second kappa shape index (κ2) is 3.68. The van der Waals surface area contributed by atoms with Gasteiger partial charge in [-0.2, -0.15) is 0 Å². The van der Waals surface area contributed by atoms with E-state index < -0.39 is 0 Å². The van der Waals surface area contributed by atoms with Crippen molar-refractivity contribution >= 4 is 32.9 Å². The van der Waals surface area contributed by atoms with E-state index >= 15 is 0 Å². The van der Waals surface area contributed by atoms with E-state index in [1.807, 2.05) is 11.3 Å². The second-order valence-electron chi connectivity index (χ2n) is 3.83. The summed E-state index contributed by atoms with van der Waals surface area (Å²) < 4.78 is 1.28. The average molecular weight is 245 g/mol. The van der Waals surface area contributed by atoms with Crippen LogP contribution in [0.3, 0.4) is 0 Å². The Morgan fingerprint density at radius 1 is 1.00 bits per heavy atom. The number of thiazole rings is 1. The fourth-order valence-electron chi connectivity index (χ4n) is 1.78. The molecular formula is C13H11NS2. The highest BCUT2D eigenvalue weighted by atomic mass is 32.1. The monoisotopic (exact) mass is 245 g/mol. The Bertz CT molecular complexity index is 649. The molecule has 2 heterocycles. The number of benzene rings is 1. The van der Waals surface area contributed by atoms with Gasteiger partial charge in [-0.3, -0.25) is 0 Å². The highest BCUT2D eigenvalue weighted by Crippen LogP contribution is 2.31. The maximum atomic E-state index is 4.48. The molecule has 0 bridgehead atoms. The summed E-state index contributed by atoms with van der Waals surface area (Å²) in [7, 11) is 0. The molecule has 0 saturated carbocycles. The molecule has 0 N–H and O–H groups in total. The number of aryl methyl sites for hydroxylation is 2. The quantitative estimate of drug-likeness (QED) is 0.608. The molecule has 0 aliphatic rings. The zero-order chi connectivity index (χ0) is 11.1. The lowest BCUT2D eigenvalue weighted by molar-refractivity contribution is 1.35. The number of aromatic nitrogens is 1. The Balaban J connectivity index is 2.17. The minimum atomic E-state index is 1.11. The average Bonchev–Trinajstić information content (AvgIpc) is 2.81. The minimum Gasteiger partial charge on any atom is -0.242 e. The van der Waals surface area contributed by atoms with E-state index in [0.717, 1.165) is 10.5 Å². The fourth-order valence-corrected chi connectivity index (χ4v) is 3.51. The molecule has 0 atom stereocenters. The van der Waals surface area contributed by atoms with Gasteiger partial charge < -0.3 is 0 Å². The van der Waals surface area contributed by atoms with Gasteiger partial charge in [-0.15, -0.1) is 22.7 Å². The molecule has 0 radical (unpaired) electrons. The Labute approximate surface area is 102 Å². The Kier molecular flexibility index (Phi) is 2.30. The van der Waals surface area contributed by atoms with Gasteiger partial charge in [-0.1, -0.05) is 6.07 Å². The van der Waals surface area contributed by atoms with E-state index in [2.05, 4.69) is 49.2 Å². The van der Waals surface area contributed by atoms with Crippen molar-refractivity contribution in [3.05, 3.63) is 40.2 Å². The minimum absolute atomic E-state index is 1.11. The molecule has 3 heteroatoms. The van der Waals surface area contributed by atoms with Crippen LogP contribution in [0.25, 0.3) is 20.7 Å². The molecule has 0 unspecified atom stereocenters. The molecule has 16 heavy (non-hydrogen) atoms. The molecule has 3 aromatic rings. The van der Waals surface area contributed by atoms with Crippen LogP contribution < -0.4 is 0 Å². The highest BCUT2D eigenvalue weighted by Gasteiger charge is 2.04. The zero-order valence-corrected chi connectivity index (χ0v) is 10.8. The van der Waals surface area contributed by atoms with Gasteiger partial charge in [0.2, 0.25) is 0 Å². The van der Waals surface area contributed by atoms with E-state index in [9.17, 15) is 0 Å².